The van der Waals surface area contributed by atoms with Gasteiger partial charge in [0, 0.05) is 37.7 Å². The largest absolute Gasteiger partial charge is 0.497 e. The topological polar surface area (TPSA) is 71.8 Å². The van der Waals surface area contributed by atoms with Gasteiger partial charge in [-0.3, -0.25) is 9.59 Å². The number of aliphatic hydroxyl groups is 1. The molecular weight excluding hydrogens is 339 g/mol. The van der Waals surface area contributed by atoms with Crippen molar-refractivity contribution in [1.82, 2.24) is 4.57 Å². The zero-order valence-corrected chi connectivity index (χ0v) is 14.7. The van der Waals surface area contributed by atoms with Gasteiger partial charge in [0.2, 0.25) is 5.91 Å². The minimum atomic E-state index is -0.425. The van der Waals surface area contributed by atoms with E-state index in [9.17, 15) is 14.0 Å². The number of ether oxygens (including phenoxy) is 1. The van der Waals surface area contributed by atoms with Crippen LogP contribution < -0.4 is 15.2 Å². The molecule has 1 aliphatic rings. The molecule has 0 spiro atoms. The number of aliphatic hydroxyl groups excluding tert-OH is 1. The third-order valence-electron chi connectivity index (χ3n) is 4.72. The number of aromatic nitrogens is 1. The van der Waals surface area contributed by atoms with Crippen LogP contribution >= 0.6 is 0 Å². The molecule has 1 amide bonds. The van der Waals surface area contributed by atoms with Crippen molar-refractivity contribution in [2.24, 2.45) is 0 Å². The molecule has 0 bridgehead atoms. The van der Waals surface area contributed by atoms with E-state index >= 15 is 0 Å². The number of hydrogen-bond acceptors (Lipinski definition) is 4. The normalized spacial score (nSPS) is 17.0. The Bertz CT molecular complexity index is 894. The predicted octanol–water partition coefficient (Wildman–Crippen LogP) is 1.82. The van der Waals surface area contributed by atoms with Crippen LogP contribution in [0.1, 0.15) is 23.5 Å². The molecular formula is C19H21FN2O4. The first-order chi connectivity index (χ1) is 12.5. The summed E-state index contributed by atoms with van der Waals surface area (Å²) in [6, 6.07) is 6.32. The summed E-state index contributed by atoms with van der Waals surface area (Å²) in [7, 11) is 1.46. The highest BCUT2D eigenvalue weighted by Gasteiger charge is 2.35. The van der Waals surface area contributed by atoms with E-state index in [1.807, 2.05) is 0 Å². The molecule has 138 valence electrons. The van der Waals surface area contributed by atoms with Crippen molar-refractivity contribution in [3.63, 3.8) is 0 Å². The van der Waals surface area contributed by atoms with Gasteiger partial charge in [-0.1, -0.05) is 6.07 Å². The molecule has 1 N–H and O–H groups in total. The Morgan fingerprint density at radius 3 is 2.73 bits per heavy atom. The van der Waals surface area contributed by atoms with E-state index in [1.54, 1.807) is 31.3 Å². The molecule has 6 nitrogen and oxygen atoms in total. The smallest absolute Gasteiger partial charge is 0.274 e. The van der Waals surface area contributed by atoms with Crippen LogP contribution in [0.5, 0.6) is 5.75 Å². The molecule has 2 aromatic rings. The highest BCUT2D eigenvalue weighted by atomic mass is 19.1. The lowest BCUT2D eigenvalue weighted by Crippen LogP contribution is -2.34. The Balaban J connectivity index is 1.94. The van der Waals surface area contributed by atoms with Crippen molar-refractivity contribution in [3.8, 4) is 5.75 Å². The van der Waals surface area contributed by atoms with Gasteiger partial charge >= 0.3 is 0 Å². The maximum Gasteiger partial charge on any atom is 0.274 e. The first-order valence-corrected chi connectivity index (χ1v) is 8.41. The minimum absolute atomic E-state index is 0.136. The maximum atomic E-state index is 14.4. The van der Waals surface area contributed by atoms with Gasteiger partial charge in [0.1, 0.15) is 17.3 Å². The fraction of sp³-hybridized carbons (Fsp3) is 0.368. The lowest BCUT2D eigenvalue weighted by molar-refractivity contribution is -0.117. The van der Waals surface area contributed by atoms with Crippen molar-refractivity contribution >= 4 is 11.6 Å². The third kappa shape index (κ3) is 3.22. The number of benzene rings is 1. The Morgan fingerprint density at radius 1 is 1.31 bits per heavy atom. The summed E-state index contributed by atoms with van der Waals surface area (Å²) < 4.78 is 20.7. The van der Waals surface area contributed by atoms with Gasteiger partial charge in [0.25, 0.3) is 5.56 Å². The number of pyridine rings is 1. The van der Waals surface area contributed by atoms with E-state index in [4.69, 9.17) is 9.84 Å². The molecule has 1 fully saturated rings. The number of carbonyl (C=O) groups is 1. The molecule has 1 unspecified atom stereocenters. The lowest BCUT2D eigenvalue weighted by Gasteiger charge is -2.20. The van der Waals surface area contributed by atoms with Crippen LogP contribution in [0.15, 0.2) is 35.3 Å². The third-order valence-corrected chi connectivity index (χ3v) is 4.72. The Kier molecular flexibility index (Phi) is 5.08. The summed E-state index contributed by atoms with van der Waals surface area (Å²) in [6.45, 7) is 1.98. The summed E-state index contributed by atoms with van der Waals surface area (Å²) in [4.78, 5) is 26.7. The van der Waals surface area contributed by atoms with Crippen molar-refractivity contribution < 1.29 is 19.0 Å². The fourth-order valence-electron chi connectivity index (χ4n) is 3.36. The molecule has 7 heteroatoms. The van der Waals surface area contributed by atoms with E-state index in [0.29, 0.717) is 22.6 Å². The number of nitrogens with zero attached hydrogens (tertiary/aromatic N) is 2. The maximum absolute atomic E-state index is 14.4. The molecule has 1 saturated heterocycles. The van der Waals surface area contributed by atoms with Gasteiger partial charge in [-0.2, -0.15) is 0 Å². The number of aryl methyl sites for hydroxylation is 1. The average Bonchev–Trinajstić information content (AvgIpc) is 2.99. The number of carbonyl (C=O) groups excluding carboxylic acids is 1. The van der Waals surface area contributed by atoms with E-state index in [0.717, 1.165) is 0 Å². The van der Waals surface area contributed by atoms with Crippen molar-refractivity contribution in [2.75, 3.05) is 25.2 Å². The zero-order chi connectivity index (χ0) is 18.8. The van der Waals surface area contributed by atoms with Crippen LogP contribution in [0.4, 0.5) is 10.1 Å². The first kappa shape index (κ1) is 18.1. The predicted molar refractivity (Wildman–Crippen MR) is 95.2 cm³/mol. The number of hydrogen-bond donors (Lipinski definition) is 1. The monoisotopic (exact) mass is 360 g/mol. The quantitative estimate of drug-likeness (QED) is 0.883. The van der Waals surface area contributed by atoms with Gasteiger partial charge in [-0.25, -0.2) is 4.39 Å². The van der Waals surface area contributed by atoms with Crippen LogP contribution in [0.2, 0.25) is 0 Å². The molecule has 2 heterocycles. The van der Waals surface area contributed by atoms with Gasteiger partial charge in [-0.15, -0.1) is 0 Å². The lowest BCUT2D eigenvalue weighted by atomic mass is 9.97. The summed E-state index contributed by atoms with van der Waals surface area (Å²) in [6.07, 6.45) is 1.73. The average molecular weight is 360 g/mol. The Hall–Kier alpha value is -2.67. The van der Waals surface area contributed by atoms with Gasteiger partial charge in [-0.05, 0) is 30.2 Å². The van der Waals surface area contributed by atoms with E-state index in [1.165, 1.54) is 22.6 Å². The standard InChI is InChI=1S/C19H21FN2O4/c1-12-5-6-21(7-8-23)19(25)18(12)22-11-13(9-17(22)24)15-4-3-14(26-2)10-16(15)20/h3-6,10,13,23H,7-9,11H2,1-2H3. The van der Waals surface area contributed by atoms with E-state index in [-0.39, 0.29) is 43.5 Å². The number of halogens is 1. The number of amides is 1. The van der Waals surface area contributed by atoms with Crippen LogP contribution in [-0.2, 0) is 11.3 Å². The van der Waals surface area contributed by atoms with Crippen LogP contribution in [0, 0.1) is 12.7 Å². The highest BCUT2D eigenvalue weighted by molar-refractivity contribution is 5.97. The van der Waals surface area contributed by atoms with Gasteiger partial charge < -0.3 is 19.3 Å². The zero-order valence-electron chi connectivity index (χ0n) is 14.7. The second-order valence-corrected chi connectivity index (χ2v) is 6.36. The number of anilines is 1. The Morgan fingerprint density at radius 2 is 2.08 bits per heavy atom. The molecule has 3 rings (SSSR count). The first-order valence-electron chi connectivity index (χ1n) is 8.41. The fourth-order valence-corrected chi connectivity index (χ4v) is 3.36. The second kappa shape index (κ2) is 7.29. The molecule has 1 aromatic carbocycles. The van der Waals surface area contributed by atoms with Crippen LogP contribution in [0.25, 0.3) is 0 Å². The molecule has 1 aromatic heterocycles. The van der Waals surface area contributed by atoms with Crippen LogP contribution in [-0.4, -0.2) is 35.8 Å². The SMILES string of the molecule is COc1ccc(C2CC(=O)N(c3c(C)ccn(CCO)c3=O)C2)c(F)c1. The van der Waals surface area contributed by atoms with Crippen molar-refractivity contribution in [2.45, 2.75) is 25.8 Å². The molecule has 26 heavy (non-hydrogen) atoms. The highest BCUT2D eigenvalue weighted by Crippen LogP contribution is 2.34. The molecule has 1 atom stereocenters. The number of rotatable bonds is 5. The van der Waals surface area contributed by atoms with Crippen molar-refractivity contribution in [3.05, 3.63) is 57.8 Å². The summed E-state index contributed by atoms with van der Waals surface area (Å²) in [5.74, 6) is -0.560. The summed E-state index contributed by atoms with van der Waals surface area (Å²) in [5.41, 5.74) is 1.07. The molecule has 0 aliphatic carbocycles. The Labute approximate surface area is 150 Å². The number of methoxy groups -OCH3 is 1. The van der Waals surface area contributed by atoms with Crippen LogP contribution in [0.3, 0.4) is 0 Å². The molecule has 0 saturated carbocycles. The minimum Gasteiger partial charge on any atom is -0.497 e. The van der Waals surface area contributed by atoms with Gasteiger partial charge in [0.15, 0.2) is 0 Å². The summed E-state index contributed by atoms with van der Waals surface area (Å²) in [5, 5.41) is 9.09. The van der Waals surface area contributed by atoms with Gasteiger partial charge in [0.05, 0.1) is 13.7 Å². The van der Waals surface area contributed by atoms with Crippen molar-refractivity contribution in [1.29, 1.82) is 0 Å². The second-order valence-electron chi connectivity index (χ2n) is 6.36. The molecule has 1 aliphatic heterocycles. The molecule has 0 radical (unpaired) electrons. The van der Waals surface area contributed by atoms with E-state index < -0.39 is 5.82 Å². The summed E-state index contributed by atoms with van der Waals surface area (Å²) >= 11 is 0. The van der Waals surface area contributed by atoms with E-state index in [2.05, 4.69) is 0 Å².